The van der Waals surface area contributed by atoms with Crippen molar-refractivity contribution in [2.45, 2.75) is 98.2 Å². The molecular weight excluding hydrogens is 1090 g/mol. The molecule has 6 rings (SSSR count). The summed E-state index contributed by atoms with van der Waals surface area (Å²) in [5.74, 6) is -11.4. The Bertz CT molecular complexity index is 3030. The van der Waals surface area contributed by atoms with Crippen LogP contribution in [0, 0.1) is 24.7 Å². The van der Waals surface area contributed by atoms with Crippen LogP contribution >= 0.6 is 0 Å². The van der Waals surface area contributed by atoms with Crippen LogP contribution in [0.25, 0.3) is 45.6 Å². The Morgan fingerprint density at radius 2 is 1.11 bits per heavy atom. The van der Waals surface area contributed by atoms with E-state index in [-0.39, 0.29) is 49.1 Å². The Morgan fingerprint density at radius 1 is 0.633 bits per heavy atom. The molecule has 6 heterocycles. The van der Waals surface area contributed by atoms with Crippen LogP contribution in [-0.2, 0) is 25.8 Å². The molecule has 0 saturated carbocycles. The highest BCUT2D eigenvalue weighted by molar-refractivity contribution is 6.76. The molecule has 0 aliphatic rings. The monoisotopic (exact) mass is 1150 g/mol. The van der Waals surface area contributed by atoms with E-state index >= 15 is 0 Å². The lowest BCUT2D eigenvalue weighted by molar-refractivity contribution is -0.290. The number of carbonyl (C=O) groups excluding carboxylic acids is 1. The molecule has 0 radical (unpaired) electrons. The maximum atomic E-state index is 13.5. The van der Waals surface area contributed by atoms with E-state index in [1.807, 2.05) is 6.92 Å². The largest absolute Gasteiger partial charge is 0.481 e. The second-order valence-electron chi connectivity index (χ2n) is 19.9. The van der Waals surface area contributed by atoms with Gasteiger partial charge in [0.2, 0.25) is 17.6 Å². The van der Waals surface area contributed by atoms with Crippen LogP contribution in [0.15, 0.2) is 49.3 Å². The number of rotatable bonds is 23. The molecule has 0 saturated heterocycles. The number of pyridine rings is 2. The van der Waals surface area contributed by atoms with E-state index in [1.54, 1.807) is 39.1 Å². The van der Waals surface area contributed by atoms with Gasteiger partial charge in [-0.25, -0.2) is 29.9 Å². The molecule has 32 heteroatoms. The Labute approximate surface area is 444 Å². The molecule has 0 spiro atoms. The number of carbonyl (C=O) groups is 2. The standard InChI is InChI=1S/C27H35F5N6O5Si.C20H19F5N6O4/c1-17-10-20(42-14-25(2,3)23(39)40-4)33-13-19(17)18-11-34-21(35-12-18)22-36-24(43-15-26(28,29)27(30,31)32)38(37-22)16-41-8-9-44(5,6)7;1-10-4-13(34-8-18(2,3)16(32)33)26-7-12(10)11-5-27-14(28-6-11)15-29-17(31-30-15)35-9-19(21,22)20(23,24)25/h10-13H,8-9,14-16H2,1-7H3;4-7H,8-9H2,1-3H3,(H,32,33)(H,29,30,31). The highest BCUT2D eigenvalue weighted by Crippen LogP contribution is 2.37. The van der Waals surface area contributed by atoms with Gasteiger partial charge in [-0.15, -0.1) is 10.2 Å². The van der Waals surface area contributed by atoms with Crippen LogP contribution < -0.4 is 18.9 Å². The summed E-state index contributed by atoms with van der Waals surface area (Å²) in [7, 11) is -0.151. The fourth-order valence-electron chi connectivity index (χ4n) is 5.93. The normalized spacial score (nSPS) is 12.6. The molecule has 2 N–H and O–H groups in total. The lowest BCUT2D eigenvalue weighted by Gasteiger charge is -2.21. The molecule has 0 unspecified atom stereocenters. The van der Waals surface area contributed by atoms with Gasteiger partial charge in [0.25, 0.3) is 0 Å². The maximum Gasteiger partial charge on any atom is 0.456 e. The predicted octanol–water partition coefficient (Wildman–Crippen LogP) is 9.27. The lowest BCUT2D eigenvalue weighted by atomic mass is 9.95. The fraction of sp³-hybridized carbons (Fsp3) is 0.489. The summed E-state index contributed by atoms with van der Waals surface area (Å²) in [4.78, 5) is 55.8. The number of hydrogen-bond acceptors (Lipinski definition) is 18. The van der Waals surface area contributed by atoms with Gasteiger partial charge in [0.15, 0.2) is 30.7 Å². The smallest absolute Gasteiger partial charge is 0.456 e. The number of ether oxygens (including phenoxy) is 6. The van der Waals surface area contributed by atoms with E-state index in [0.29, 0.717) is 34.7 Å². The number of hydrogen-bond donors (Lipinski definition) is 2. The third-order valence-electron chi connectivity index (χ3n) is 10.9. The molecule has 6 aromatic rings. The van der Waals surface area contributed by atoms with Crippen molar-refractivity contribution in [3.63, 3.8) is 0 Å². The molecule has 0 fully saturated rings. The molecule has 0 aliphatic heterocycles. The topological polar surface area (TPSA) is 259 Å². The number of carboxylic acids is 1. The van der Waals surface area contributed by atoms with Gasteiger partial charge in [-0.1, -0.05) is 19.6 Å². The summed E-state index contributed by atoms with van der Waals surface area (Å²) in [6.45, 7) is 12.4. The third kappa shape index (κ3) is 16.9. The van der Waals surface area contributed by atoms with Gasteiger partial charge in [-0.2, -0.15) is 58.6 Å². The van der Waals surface area contributed by atoms with Crippen LogP contribution in [0.4, 0.5) is 43.9 Å². The number of halogens is 10. The zero-order valence-corrected chi connectivity index (χ0v) is 45.0. The number of carboxylic acid groups (broad SMARTS) is 1. The van der Waals surface area contributed by atoms with Crippen molar-refractivity contribution in [2.24, 2.45) is 10.8 Å². The number of aliphatic carboxylic acids is 1. The molecule has 0 atom stereocenters. The number of aromatic amines is 1. The van der Waals surface area contributed by atoms with Gasteiger partial charge in [-0.05, 0) is 58.7 Å². The SMILES string of the molecule is COC(=O)C(C)(C)COc1cc(C)c(-c2cnc(-c3nc(OCC(F)(F)C(F)(F)F)n(COCC[Si](C)(C)C)n3)nc2)cn1.Cc1cc(OCC(C)(C)C(=O)O)ncc1-c1cnc(-c2nc(OCC(F)(F)C(F)(F)F)n[nH]2)nc1. The highest BCUT2D eigenvalue weighted by Gasteiger charge is 2.59. The Hall–Kier alpha value is -7.64. The Morgan fingerprint density at radius 3 is 1.57 bits per heavy atom. The summed E-state index contributed by atoms with van der Waals surface area (Å²) in [6, 6.07) is 2.77. The van der Waals surface area contributed by atoms with Crippen molar-refractivity contribution in [3.8, 4) is 69.3 Å². The van der Waals surface area contributed by atoms with Crippen molar-refractivity contribution in [3.05, 3.63) is 60.4 Å². The van der Waals surface area contributed by atoms with E-state index in [2.05, 4.69) is 79.5 Å². The zero-order chi connectivity index (χ0) is 58.9. The summed E-state index contributed by atoms with van der Waals surface area (Å²) in [5.41, 5.74) is 1.97. The van der Waals surface area contributed by atoms with Gasteiger partial charge >= 0.3 is 48.2 Å². The van der Waals surface area contributed by atoms with Gasteiger partial charge in [0.1, 0.15) is 19.9 Å². The number of H-pyrrole nitrogens is 1. The second kappa shape index (κ2) is 24.6. The van der Waals surface area contributed by atoms with Crippen LogP contribution in [0.1, 0.15) is 38.8 Å². The second-order valence-corrected chi connectivity index (χ2v) is 25.5. The molecule has 0 amide bonds. The molecule has 0 bridgehead atoms. The molecular formula is C47H54F10N12O9Si. The number of nitrogens with zero attached hydrogens (tertiary/aromatic N) is 11. The van der Waals surface area contributed by atoms with Gasteiger partial charge in [0.05, 0.1) is 17.9 Å². The van der Waals surface area contributed by atoms with Crippen LogP contribution in [0.3, 0.4) is 0 Å². The van der Waals surface area contributed by atoms with Crippen molar-refractivity contribution in [2.75, 3.05) is 40.1 Å². The van der Waals surface area contributed by atoms with Gasteiger partial charge in [-0.3, -0.25) is 14.7 Å². The average Bonchev–Trinajstić information content (AvgIpc) is 4.06. The van der Waals surface area contributed by atoms with E-state index < -0.39 is 80.3 Å². The first-order valence-corrected chi connectivity index (χ1v) is 27.0. The Balaban J connectivity index is 0.000000298. The Kier molecular flexibility index (Phi) is 19.3. The van der Waals surface area contributed by atoms with Crippen LogP contribution in [-0.4, -0.2) is 149 Å². The fourth-order valence-corrected chi connectivity index (χ4v) is 6.68. The third-order valence-corrected chi connectivity index (χ3v) is 12.6. The summed E-state index contributed by atoms with van der Waals surface area (Å²) in [6.07, 6.45) is -2.78. The average molecular weight is 1150 g/mol. The minimum atomic E-state index is -5.80. The van der Waals surface area contributed by atoms with E-state index in [9.17, 15) is 53.5 Å². The summed E-state index contributed by atoms with van der Waals surface area (Å²) >= 11 is 0. The van der Waals surface area contributed by atoms with Crippen molar-refractivity contribution in [1.82, 2.24) is 59.8 Å². The number of aromatic nitrogens is 12. The first-order valence-electron chi connectivity index (χ1n) is 23.3. The summed E-state index contributed by atoms with van der Waals surface area (Å²) in [5, 5.41) is 19.0. The zero-order valence-electron chi connectivity index (χ0n) is 44.0. The van der Waals surface area contributed by atoms with E-state index in [0.717, 1.165) is 21.9 Å². The highest BCUT2D eigenvalue weighted by atomic mass is 28.3. The minimum absolute atomic E-state index is 0.0138. The van der Waals surface area contributed by atoms with Gasteiger partial charge in [0, 0.05) is 86.2 Å². The number of esters is 1. The van der Waals surface area contributed by atoms with Crippen molar-refractivity contribution >= 4 is 20.0 Å². The molecule has 79 heavy (non-hydrogen) atoms. The van der Waals surface area contributed by atoms with E-state index in [1.165, 1.54) is 51.9 Å². The number of aryl methyl sites for hydroxylation is 2. The predicted molar refractivity (Wildman–Crippen MR) is 260 cm³/mol. The number of methoxy groups -OCH3 is 1. The molecule has 6 aromatic heterocycles. The molecule has 430 valence electrons. The maximum absolute atomic E-state index is 13.5. The van der Waals surface area contributed by atoms with Crippen LogP contribution in [0.2, 0.25) is 25.7 Å². The number of alkyl halides is 10. The molecule has 0 aromatic carbocycles. The summed E-state index contributed by atoms with van der Waals surface area (Å²) < 4.78 is 159. The minimum Gasteiger partial charge on any atom is -0.481 e. The van der Waals surface area contributed by atoms with Crippen molar-refractivity contribution in [1.29, 1.82) is 0 Å². The van der Waals surface area contributed by atoms with E-state index in [4.69, 9.17) is 28.8 Å². The number of nitrogens with one attached hydrogen (secondary N) is 1. The van der Waals surface area contributed by atoms with Crippen molar-refractivity contribution < 1.29 is 87.0 Å². The lowest BCUT2D eigenvalue weighted by Crippen LogP contribution is -2.42. The first kappa shape index (κ1) is 62.2. The molecule has 21 nitrogen and oxygen atoms in total. The quantitative estimate of drug-likeness (QED) is 0.0262. The first-order chi connectivity index (χ1) is 36.5. The molecule has 0 aliphatic carbocycles. The van der Waals surface area contributed by atoms with Crippen LogP contribution in [0.5, 0.6) is 23.8 Å². The van der Waals surface area contributed by atoms with Gasteiger partial charge < -0.3 is 33.5 Å².